The van der Waals surface area contributed by atoms with Gasteiger partial charge in [0, 0.05) is 46.8 Å². The fraction of sp³-hybridized carbons (Fsp3) is 0.633. The summed E-state index contributed by atoms with van der Waals surface area (Å²) in [5, 5.41) is 3.96. The second-order valence-electron chi connectivity index (χ2n) is 13.7. The molecule has 1 aromatic heterocycles. The Balaban J connectivity index is 1.44. The van der Waals surface area contributed by atoms with Gasteiger partial charge in [0.15, 0.2) is 11.6 Å². The number of carbonyl (C=O) groups excluding carboxylic acids is 1. The normalized spacial score (nSPS) is 17.5. The van der Waals surface area contributed by atoms with Gasteiger partial charge >= 0.3 is 12.3 Å². The molecular weight excluding hydrogens is 600 g/mol. The van der Waals surface area contributed by atoms with E-state index in [-0.39, 0.29) is 43.8 Å². The standard InChI is InChI=1S/C30H42F4N4O5Si/c1-29(2,3)43-28(40)36-9-7-8-20(15-36)18-42-25-13-22-17-37(16-21(22)12-23(25)31)24-14-35-38(19-41-10-11-44(4,5)6)27(39)26(24)30(32,33)34/h12-14,20H,7-11,15-19H2,1-6H3. The molecule has 0 saturated carbocycles. The maximum absolute atomic E-state index is 15.0. The van der Waals surface area contributed by atoms with Crippen LogP contribution in [0.5, 0.6) is 5.75 Å². The van der Waals surface area contributed by atoms with Gasteiger partial charge in [0.05, 0.1) is 18.5 Å². The van der Waals surface area contributed by atoms with E-state index in [1.807, 2.05) is 0 Å². The van der Waals surface area contributed by atoms with Crippen molar-refractivity contribution in [1.29, 1.82) is 0 Å². The van der Waals surface area contributed by atoms with Crippen molar-refractivity contribution in [2.24, 2.45) is 5.92 Å². The number of likely N-dealkylation sites (tertiary alicyclic amines) is 1. The number of halogens is 4. The minimum absolute atomic E-state index is 0.0138. The van der Waals surface area contributed by atoms with E-state index in [9.17, 15) is 22.8 Å². The Morgan fingerprint density at radius 2 is 1.80 bits per heavy atom. The van der Waals surface area contributed by atoms with Gasteiger partial charge in [-0.05, 0) is 62.9 Å². The molecule has 244 valence electrons. The van der Waals surface area contributed by atoms with Crippen molar-refractivity contribution >= 4 is 19.9 Å². The molecule has 2 aliphatic heterocycles. The SMILES string of the molecule is CC(C)(C)OC(=O)N1CCCC(COc2cc3c(cc2F)CN(c2cnn(COCC[Si](C)(C)C)c(=O)c2C(F)(F)F)C3)C1. The lowest BCUT2D eigenvalue weighted by Crippen LogP contribution is -2.44. The topological polar surface area (TPSA) is 86.1 Å². The maximum Gasteiger partial charge on any atom is 0.423 e. The van der Waals surface area contributed by atoms with Crippen molar-refractivity contribution in [2.75, 3.05) is 31.2 Å². The third-order valence-electron chi connectivity index (χ3n) is 7.48. The third-order valence-corrected chi connectivity index (χ3v) is 9.18. The molecular formula is C30H42F4N4O5Si. The molecule has 1 atom stereocenters. The molecule has 1 unspecified atom stereocenters. The van der Waals surface area contributed by atoms with Gasteiger partial charge in [0.25, 0.3) is 5.56 Å². The van der Waals surface area contributed by atoms with Crippen molar-refractivity contribution in [3.63, 3.8) is 0 Å². The molecule has 44 heavy (non-hydrogen) atoms. The molecule has 14 heteroatoms. The van der Waals surface area contributed by atoms with Gasteiger partial charge in [-0.15, -0.1) is 0 Å². The second kappa shape index (κ2) is 13.1. The molecule has 4 rings (SSSR count). The first kappa shape index (κ1) is 33.8. The number of ether oxygens (including phenoxy) is 3. The van der Waals surface area contributed by atoms with Gasteiger partial charge in [-0.3, -0.25) is 4.79 Å². The molecule has 2 aromatic rings. The van der Waals surface area contributed by atoms with Crippen LogP contribution in [-0.2, 0) is 35.5 Å². The summed E-state index contributed by atoms with van der Waals surface area (Å²) in [6.45, 7) is 12.9. The van der Waals surface area contributed by atoms with Crippen LogP contribution in [0.15, 0.2) is 23.1 Å². The largest absolute Gasteiger partial charge is 0.490 e. The van der Waals surface area contributed by atoms with Gasteiger partial charge in [-0.1, -0.05) is 19.6 Å². The Bertz CT molecular complexity index is 1400. The Labute approximate surface area is 256 Å². The van der Waals surface area contributed by atoms with Crippen molar-refractivity contribution in [2.45, 2.75) is 90.9 Å². The number of anilines is 1. The number of hydrogen-bond donors (Lipinski definition) is 0. The number of rotatable bonds is 9. The summed E-state index contributed by atoms with van der Waals surface area (Å²) < 4.78 is 75.0. The summed E-state index contributed by atoms with van der Waals surface area (Å²) in [6, 6.07) is 3.55. The number of amides is 1. The monoisotopic (exact) mass is 642 g/mol. The second-order valence-corrected chi connectivity index (χ2v) is 19.3. The lowest BCUT2D eigenvalue weighted by Gasteiger charge is -2.34. The summed E-state index contributed by atoms with van der Waals surface area (Å²) in [5.41, 5.74) is -2.52. The quantitative estimate of drug-likeness (QED) is 0.181. The number of hydrogen-bond acceptors (Lipinski definition) is 7. The zero-order valence-electron chi connectivity index (χ0n) is 26.2. The summed E-state index contributed by atoms with van der Waals surface area (Å²) in [4.78, 5) is 28.4. The number of piperidine rings is 1. The van der Waals surface area contributed by atoms with Crippen LogP contribution in [-0.4, -0.2) is 60.8 Å². The molecule has 0 spiro atoms. The highest BCUT2D eigenvalue weighted by Gasteiger charge is 2.40. The predicted octanol–water partition coefficient (Wildman–Crippen LogP) is 6.26. The highest BCUT2D eigenvalue weighted by molar-refractivity contribution is 6.76. The lowest BCUT2D eigenvalue weighted by atomic mass is 9.99. The van der Waals surface area contributed by atoms with E-state index in [0.717, 1.165) is 25.1 Å². The fourth-order valence-electron chi connectivity index (χ4n) is 5.19. The van der Waals surface area contributed by atoms with Gasteiger partial charge < -0.3 is 24.0 Å². The molecule has 0 aliphatic carbocycles. The van der Waals surface area contributed by atoms with Crippen LogP contribution in [0, 0.1) is 11.7 Å². The van der Waals surface area contributed by atoms with E-state index in [1.54, 1.807) is 25.7 Å². The van der Waals surface area contributed by atoms with Crippen LogP contribution < -0.4 is 15.2 Å². The minimum atomic E-state index is -4.93. The summed E-state index contributed by atoms with van der Waals surface area (Å²) in [6.07, 6.45) is -2.77. The molecule has 9 nitrogen and oxygen atoms in total. The van der Waals surface area contributed by atoms with Crippen molar-refractivity contribution in [3.05, 3.63) is 51.2 Å². The van der Waals surface area contributed by atoms with Crippen molar-refractivity contribution in [1.82, 2.24) is 14.7 Å². The lowest BCUT2D eigenvalue weighted by molar-refractivity contribution is -0.138. The van der Waals surface area contributed by atoms with Crippen LogP contribution >= 0.6 is 0 Å². The van der Waals surface area contributed by atoms with E-state index >= 15 is 4.39 Å². The average molecular weight is 643 g/mol. The first-order chi connectivity index (χ1) is 20.4. The van der Waals surface area contributed by atoms with Crippen LogP contribution in [0.2, 0.25) is 25.7 Å². The average Bonchev–Trinajstić information content (AvgIpc) is 3.30. The molecule has 1 fully saturated rings. The van der Waals surface area contributed by atoms with E-state index in [1.165, 1.54) is 17.0 Å². The van der Waals surface area contributed by atoms with Gasteiger partial charge in [0.1, 0.15) is 17.9 Å². The number of alkyl halides is 3. The number of fused-ring (bicyclic) bond motifs is 1. The van der Waals surface area contributed by atoms with E-state index in [4.69, 9.17) is 14.2 Å². The maximum atomic E-state index is 15.0. The molecule has 0 N–H and O–H groups in total. The Morgan fingerprint density at radius 1 is 1.11 bits per heavy atom. The van der Waals surface area contributed by atoms with Crippen LogP contribution in [0.25, 0.3) is 0 Å². The predicted molar refractivity (Wildman–Crippen MR) is 160 cm³/mol. The molecule has 1 aromatic carbocycles. The van der Waals surface area contributed by atoms with Gasteiger partial charge in [-0.25, -0.2) is 13.9 Å². The molecule has 0 bridgehead atoms. The third kappa shape index (κ3) is 8.74. The summed E-state index contributed by atoms with van der Waals surface area (Å²) in [5.74, 6) is -0.683. The number of nitrogens with zero attached hydrogens (tertiary/aromatic N) is 4. The highest BCUT2D eigenvalue weighted by atomic mass is 28.3. The van der Waals surface area contributed by atoms with E-state index in [0.29, 0.717) is 35.5 Å². The Kier molecular flexibility index (Phi) is 10.0. The van der Waals surface area contributed by atoms with Crippen LogP contribution in [0.3, 0.4) is 0 Å². The number of carbonyl (C=O) groups is 1. The fourth-order valence-corrected chi connectivity index (χ4v) is 5.94. The first-order valence-corrected chi connectivity index (χ1v) is 18.5. The number of benzene rings is 1. The Hall–Kier alpha value is -3.13. The molecule has 1 saturated heterocycles. The first-order valence-electron chi connectivity index (χ1n) is 14.8. The van der Waals surface area contributed by atoms with Gasteiger partial charge in [0.2, 0.25) is 0 Å². The smallest absolute Gasteiger partial charge is 0.423 e. The zero-order valence-corrected chi connectivity index (χ0v) is 27.2. The highest BCUT2D eigenvalue weighted by Crippen LogP contribution is 2.38. The minimum Gasteiger partial charge on any atom is -0.490 e. The van der Waals surface area contributed by atoms with Crippen LogP contribution in [0.1, 0.15) is 50.3 Å². The van der Waals surface area contributed by atoms with Gasteiger partial charge in [-0.2, -0.15) is 18.3 Å². The molecule has 3 heterocycles. The van der Waals surface area contributed by atoms with E-state index in [2.05, 4.69) is 24.7 Å². The molecule has 0 radical (unpaired) electrons. The van der Waals surface area contributed by atoms with Crippen LogP contribution in [0.4, 0.5) is 28.0 Å². The molecule has 2 aliphatic rings. The zero-order chi connectivity index (χ0) is 32.4. The van der Waals surface area contributed by atoms with Crippen molar-refractivity contribution < 1.29 is 36.6 Å². The summed E-state index contributed by atoms with van der Waals surface area (Å²) in [7, 11) is -1.42. The number of aromatic nitrogens is 2. The Morgan fingerprint density at radius 3 is 2.43 bits per heavy atom. The van der Waals surface area contributed by atoms with Crippen molar-refractivity contribution in [3.8, 4) is 5.75 Å². The molecule has 1 amide bonds. The summed E-state index contributed by atoms with van der Waals surface area (Å²) >= 11 is 0. The van der Waals surface area contributed by atoms with E-state index < -0.39 is 42.9 Å².